The van der Waals surface area contributed by atoms with Crippen LogP contribution in [-0.2, 0) is 5.72 Å². The number of benzene rings is 3. The predicted octanol–water partition coefficient (Wildman–Crippen LogP) is 6.33. The van der Waals surface area contributed by atoms with E-state index >= 15 is 0 Å². The Morgan fingerprint density at radius 3 is 1.97 bits per heavy atom. The summed E-state index contributed by atoms with van der Waals surface area (Å²) in [5, 5.41) is 22.9. The summed E-state index contributed by atoms with van der Waals surface area (Å²) in [6.45, 7) is 3.76. The second kappa shape index (κ2) is 8.14. The molecule has 4 rings (SSSR count). The number of hydrogen-bond donors (Lipinski definition) is 1. The summed E-state index contributed by atoms with van der Waals surface area (Å²) in [5.41, 5.74) is -0.927. The number of carbonyl (C=O) groups excluding carboxylic acids is 1. The minimum absolute atomic E-state index is 0.392. The number of anilines is 2. The smallest absolute Gasteiger partial charge is 0.332 e. The number of hydrogen-bond acceptors (Lipinski definition) is 3. The van der Waals surface area contributed by atoms with Gasteiger partial charge in [0, 0.05) is 27.0 Å². The van der Waals surface area contributed by atoms with Gasteiger partial charge >= 0.3 is 6.03 Å². The SMILES string of the molecule is CCC1(C)N(c2ccc(Cl)cc2)C(=O)N(c2ccc(Cl)cc2)C1(O)c1cccc(C#N)c1. The normalized spacial score (nSPS) is 22.8. The van der Waals surface area contributed by atoms with Crippen molar-refractivity contribution in [2.45, 2.75) is 31.5 Å². The highest BCUT2D eigenvalue weighted by atomic mass is 35.5. The topological polar surface area (TPSA) is 67.6 Å². The molecule has 7 heteroatoms. The summed E-state index contributed by atoms with van der Waals surface area (Å²) < 4.78 is 0. The molecule has 0 spiro atoms. The van der Waals surface area contributed by atoms with Gasteiger partial charge in [0.1, 0.15) is 0 Å². The van der Waals surface area contributed by atoms with E-state index in [9.17, 15) is 15.2 Å². The van der Waals surface area contributed by atoms with Gasteiger partial charge in [-0.05, 0) is 74.0 Å². The molecule has 3 aromatic carbocycles. The molecule has 32 heavy (non-hydrogen) atoms. The molecule has 5 nitrogen and oxygen atoms in total. The van der Waals surface area contributed by atoms with Gasteiger partial charge in [-0.3, -0.25) is 9.80 Å². The summed E-state index contributed by atoms with van der Waals surface area (Å²) in [5.74, 6) is 0. The quantitative estimate of drug-likeness (QED) is 0.489. The molecule has 1 aliphatic rings. The summed E-state index contributed by atoms with van der Waals surface area (Å²) in [6, 6.07) is 22.1. The molecular weight excluding hydrogens is 445 g/mol. The Kier molecular flexibility index (Phi) is 5.64. The van der Waals surface area contributed by atoms with Gasteiger partial charge in [-0.25, -0.2) is 4.79 Å². The minimum Gasteiger partial charge on any atom is -0.364 e. The Balaban J connectivity index is 2.01. The van der Waals surface area contributed by atoms with E-state index in [0.717, 1.165) is 0 Å². The number of halogens is 2. The lowest BCUT2D eigenvalue weighted by molar-refractivity contribution is -0.0117. The number of amides is 2. The molecule has 0 aromatic heterocycles. The lowest BCUT2D eigenvalue weighted by atomic mass is 9.79. The summed E-state index contributed by atoms with van der Waals surface area (Å²) >= 11 is 12.2. The van der Waals surface area contributed by atoms with E-state index in [4.69, 9.17) is 23.2 Å². The van der Waals surface area contributed by atoms with Crippen LogP contribution in [0.2, 0.25) is 10.0 Å². The van der Waals surface area contributed by atoms with Crippen molar-refractivity contribution in [1.82, 2.24) is 0 Å². The zero-order chi connectivity index (χ0) is 23.1. The molecule has 1 fully saturated rings. The third kappa shape index (κ3) is 3.23. The maximum atomic E-state index is 14.0. The second-order valence-electron chi connectivity index (χ2n) is 7.90. The molecule has 1 N–H and O–H groups in total. The Hall–Kier alpha value is -3.04. The first kappa shape index (κ1) is 22.2. The molecule has 162 valence electrons. The summed E-state index contributed by atoms with van der Waals surface area (Å²) in [6.07, 6.45) is 0.429. The molecule has 1 saturated heterocycles. The molecule has 0 bridgehead atoms. The highest BCUT2D eigenvalue weighted by Crippen LogP contribution is 2.52. The maximum absolute atomic E-state index is 14.0. The number of carbonyl (C=O) groups is 1. The van der Waals surface area contributed by atoms with Crippen LogP contribution in [0.15, 0.2) is 72.8 Å². The first-order chi connectivity index (χ1) is 15.3. The molecule has 1 heterocycles. The zero-order valence-corrected chi connectivity index (χ0v) is 19.1. The van der Waals surface area contributed by atoms with Crippen LogP contribution >= 0.6 is 23.2 Å². The fourth-order valence-corrected chi connectivity index (χ4v) is 4.62. The van der Waals surface area contributed by atoms with E-state index in [-0.39, 0.29) is 0 Å². The van der Waals surface area contributed by atoms with Crippen molar-refractivity contribution in [3.8, 4) is 6.07 Å². The lowest BCUT2D eigenvalue weighted by Gasteiger charge is -2.44. The summed E-state index contributed by atoms with van der Waals surface area (Å²) in [7, 11) is 0. The van der Waals surface area contributed by atoms with Gasteiger partial charge in [-0.1, -0.05) is 42.3 Å². The number of nitrogens with zero attached hydrogens (tertiary/aromatic N) is 3. The average Bonchev–Trinajstić information content (AvgIpc) is 2.99. The molecule has 0 aliphatic carbocycles. The van der Waals surface area contributed by atoms with E-state index < -0.39 is 17.3 Å². The third-order valence-corrected chi connectivity index (χ3v) is 6.71. The molecular formula is C25H21Cl2N3O2. The van der Waals surface area contributed by atoms with Crippen LogP contribution in [0.3, 0.4) is 0 Å². The number of urea groups is 1. The van der Waals surface area contributed by atoms with Gasteiger partial charge in [0.25, 0.3) is 0 Å². The fraction of sp³-hybridized carbons (Fsp3) is 0.200. The maximum Gasteiger partial charge on any atom is 0.332 e. The first-order valence-corrected chi connectivity index (χ1v) is 10.9. The van der Waals surface area contributed by atoms with Crippen molar-refractivity contribution in [1.29, 1.82) is 5.26 Å². The van der Waals surface area contributed by atoms with Crippen LogP contribution in [0.5, 0.6) is 0 Å². The Bertz CT molecular complexity index is 1210. The number of rotatable bonds is 4. The molecule has 2 atom stereocenters. The monoisotopic (exact) mass is 465 g/mol. The van der Waals surface area contributed by atoms with Crippen molar-refractivity contribution in [2.75, 3.05) is 9.80 Å². The van der Waals surface area contributed by atoms with Crippen LogP contribution < -0.4 is 9.80 Å². The van der Waals surface area contributed by atoms with E-state index in [0.29, 0.717) is 39.0 Å². The first-order valence-electron chi connectivity index (χ1n) is 10.1. The van der Waals surface area contributed by atoms with Gasteiger partial charge in [-0.2, -0.15) is 5.26 Å². The molecule has 1 aliphatic heterocycles. The molecule has 2 amide bonds. The highest BCUT2D eigenvalue weighted by molar-refractivity contribution is 6.31. The molecule has 3 aromatic rings. The molecule has 0 saturated carbocycles. The zero-order valence-electron chi connectivity index (χ0n) is 17.6. The van der Waals surface area contributed by atoms with Crippen molar-refractivity contribution in [3.63, 3.8) is 0 Å². The van der Waals surface area contributed by atoms with E-state index in [2.05, 4.69) is 6.07 Å². The lowest BCUT2D eigenvalue weighted by Crippen LogP contribution is -2.57. The van der Waals surface area contributed by atoms with Gasteiger partial charge in [0.15, 0.2) is 5.72 Å². The third-order valence-electron chi connectivity index (χ3n) is 6.20. The highest BCUT2D eigenvalue weighted by Gasteiger charge is 2.65. The van der Waals surface area contributed by atoms with E-state index in [1.807, 2.05) is 13.8 Å². The van der Waals surface area contributed by atoms with Crippen molar-refractivity contribution in [2.24, 2.45) is 0 Å². The molecule has 2 unspecified atom stereocenters. The van der Waals surface area contributed by atoms with Crippen molar-refractivity contribution >= 4 is 40.6 Å². The van der Waals surface area contributed by atoms with E-state index in [1.54, 1.807) is 77.7 Å². The van der Waals surface area contributed by atoms with Gasteiger partial charge in [0.05, 0.1) is 17.2 Å². The van der Waals surface area contributed by atoms with Crippen LogP contribution in [-0.4, -0.2) is 16.7 Å². The fourth-order valence-electron chi connectivity index (χ4n) is 4.37. The minimum atomic E-state index is -1.78. The second-order valence-corrected chi connectivity index (χ2v) is 8.77. The van der Waals surface area contributed by atoms with Crippen LogP contribution in [0.25, 0.3) is 0 Å². The van der Waals surface area contributed by atoms with Gasteiger partial charge in [0.2, 0.25) is 0 Å². The van der Waals surface area contributed by atoms with Crippen LogP contribution in [0, 0.1) is 11.3 Å². The standard InChI is InChI=1S/C25H21Cl2N3O2/c1-3-24(2)25(32,18-6-4-5-17(15-18)16-28)30(22-13-9-20(27)10-14-22)23(31)29(24)21-11-7-19(26)8-12-21/h4-15,32H,3H2,1-2H3. The molecule has 0 radical (unpaired) electrons. The Labute approximate surface area is 197 Å². The predicted molar refractivity (Wildman–Crippen MR) is 127 cm³/mol. The number of aliphatic hydroxyl groups is 1. The van der Waals surface area contributed by atoms with E-state index in [1.165, 1.54) is 4.90 Å². The average molecular weight is 466 g/mol. The van der Waals surface area contributed by atoms with Crippen molar-refractivity contribution < 1.29 is 9.90 Å². The largest absolute Gasteiger partial charge is 0.364 e. The van der Waals surface area contributed by atoms with Crippen LogP contribution in [0.4, 0.5) is 16.2 Å². The van der Waals surface area contributed by atoms with Gasteiger partial charge in [-0.15, -0.1) is 0 Å². The summed E-state index contributed by atoms with van der Waals surface area (Å²) in [4.78, 5) is 16.9. The van der Waals surface area contributed by atoms with Crippen molar-refractivity contribution in [3.05, 3.63) is 94.0 Å². The number of nitriles is 1. The van der Waals surface area contributed by atoms with Crippen LogP contribution in [0.1, 0.15) is 31.4 Å². The Morgan fingerprint density at radius 1 is 0.938 bits per heavy atom. The van der Waals surface area contributed by atoms with Gasteiger partial charge < -0.3 is 5.11 Å². The Morgan fingerprint density at radius 2 is 1.47 bits per heavy atom.